The van der Waals surface area contributed by atoms with Gasteiger partial charge in [0, 0.05) is 35.9 Å². The lowest BCUT2D eigenvalue weighted by atomic mass is 9.97. The summed E-state index contributed by atoms with van der Waals surface area (Å²) in [6.45, 7) is 3.90. The van der Waals surface area contributed by atoms with E-state index in [4.69, 9.17) is 5.73 Å². The van der Waals surface area contributed by atoms with Gasteiger partial charge < -0.3 is 11.1 Å². The Kier molecular flexibility index (Phi) is 7.84. The average Bonchev–Trinajstić information content (AvgIpc) is 3.01. The summed E-state index contributed by atoms with van der Waals surface area (Å²) in [5.74, 6) is 0.289. The first kappa shape index (κ1) is 25.3. The fourth-order valence-electron chi connectivity index (χ4n) is 4.24. The summed E-state index contributed by atoms with van der Waals surface area (Å²) >= 11 is 1.55. The second-order valence-electron chi connectivity index (χ2n) is 8.90. The van der Waals surface area contributed by atoms with Gasteiger partial charge in [-0.3, -0.25) is 9.69 Å². The van der Waals surface area contributed by atoms with E-state index >= 15 is 0 Å². The van der Waals surface area contributed by atoms with Gasteiger partial charge >= 0.3 is 0 Å². The van der Waals surface area contributed by atoms with E-state index in [-0.39, 0.29) is 17.4 Å². The minimum Gasteiger partial charge on any atom is -0.399 e. The van der Waals surface area contributed by atoms with Crippen molar-refractivity contribution >= 4 is 38.8 Å². The van der Waals surface area contributed by atoms with Gasteiger partial charge in [-0.15, -0.1) is 11.8 Å². The van der Waals surface area contributed by atoms with Crippen molar-refractivity contribution in [2.45, 2.75) is 24.8 Å². The van der Waals surface area contributed by atoms with E-state index in [9.17, 15) is 13.2 Å². The molecule has 1 heterocycles. The van der Waals surface area contributed by atoms with E-state index in [0.717, 1.165) is 39.4 Å². The summed E-state index contributed by atoms with van der Waals surface area (Å²) in [5.41, 5.74) is 12.6. The molecule has 6 nitrogen and oxygen atoms in total. The zero-order valence-electron chi connectivity index (χ0n) is 20.1. The Morgan fingerprint density at radius 1 is 1.09 bits per heavy atom. The predicted octanol–water partition coefficient (Wildman–Crippen LogP) is 4.47. The molecular formula is C27H31N3O3S2. The Hall–Kier alpha value is -2.81. The van der Waals surface area contributed by atoms with Crippen molar-refractivity contribution in [1.29, 1.82) is 0 Å². The molecule has 0 aromatic heterocycles. The molecule has 2 aliphatic rings. The van der Waals surface area contributed by atoms with Gasteiger partial charge in [0.1, 0.15) is 0 Å². The maximum atomic E-state index is 13.1. The zero-order chi connectivity index (χ0) is 25.0. The van der Waals surface area contributed by atoms with E-state index in [1.54, 1.807) is 11.8 Å². The first-order chi connectivity index (χ1) is 16.7. The quantitative estimate of drug-likeness (QED) is 0.559. The lowest BCUT2D eigenvalue weighted by Crippen LogP contribution is -2.39. The van der Waals surface area contributed by atoms with Crippen LogP contribution in [0.5, 0.6) is 0 Å². The van der Waals surface area contributed by atoms with E-state index in [1.807, 2.05) is 60.9 Å². The second kappa shape index (κ2) is 10.8. The molecule has 0 radical (unpaired) electrons. The van der Waals surface area contributed by atoms with Gasteiger partial charge in [-0.25, -0.2) is 8.42 Å². The fraction of sp³-hybridized carbons (Fsp3) is 0.296. The van der Waals surface area contributed by atoms with E-state index < -0.39 is 9.84 Å². The van der Waals surface area contributed by atoms with Crippen LogP contribution in [0.4, 0.5) is 5.69 Å². The summed E-state index contributed by atoms with van der Waals surface area (Å²) < 4.78 is 23.2. The molecule has 0 saturated carbocycles. The number of nitrogens with one attached hydrogen (secondary N) is 1. The largest absolute Gasteiger partial charge is 0.399 e. The van der Waals surface area contributed by atoms with Crippen molar-refractivity contribution in [3.05, 3.63) is 88.7 Å². The SMILES string of the molecule is CSc1cc(C2=C(C)C=CC(N)=CC2)ccc1C(=O)Nc1ccc(CN2CCS(=O)(=O)CC2)cc1. The molecule has 184 valence electrons. The lowest BCUT2D eigenvalue weighted by molar-refractivity contribution is 0.102. The number of anilines is 1. The van der Waals surface area contributed by atoms with Crippen molar-refractivity contribution in [2.24, 2.45) is 5.73 Å². The number of hydrogen-bond acceptors (Lipinski definition) is 6. The van der Waals surface area contributed by atoms with Crippen LogP contribution in [0.1, 0.15) is 34.8 Å². The van der Waals surface area contributed by atoms with Crippen molar-refractivity contribution in [1.82, 2.24) is 4.90 Å². The van der Waals surface area contributed by atoms with Crippen LogP contribution < -0.4 is 11.1 Å². The zero-order valence-corrected chi connectivity index (χ0v) is 21.7. The highest BCUT2D eigenvalue weighted by Crippen LogP contribution is 2.31. The van der Waals surface area contributed by atoms with Crippen LogP contribution in [-0.2, 0) is 16.4 Å². The number of nitrogens with two attached hydrogens (primary N) is 1. The van der Waals surface area contributed by atoms with Crippen LogP contribution in [0, 0.1) is 0 Å². The minimum absolute atomic E-state index is 0.148. The summed E-state index contributed by atoms with van der Waals surface area (Å²) in [6, 6.07) is 13.7. The molecule has 1 amide bonds. The molecule has 1 aliphatic heterocycles. The van der Waals surface area contributed by atoms with Gasteiger partial charge in [0.2, 0.25) is 0 Å². The number of thioether (sulfide) groups is 1. The van der Waals surface area contributed by atoms with E-state index in [2.05, 4.69) is 23.2 Å². The van der Waals surface area contributed by atoms with Gasteiger partial charge in [0.05, 0.1) is 17.1 Å². The highest BCUT2D eigenvalue weighted by molar-refractivity contribution is 7.98. The highest BCUT2D eigenvalue weighted by atomic mass is 32.2. The molecular weight excluding hydrogens is 478 g/mol. The number of allylic oxidation sites excluding steroid dienone is 5. The number of nitrogens with zero attached hydrogens (tertiary/aromatic N) is 1. The smallest absolute Gasteiger partial charge is 0.256 e. The number of amides is 1. The number of benzene rings is 2. The van der Waals surface area contributed by atoms with Gasteiger partial charge in [0.25, 0.3) is 5.91 Å². The molecule has 0 unspecified atom stereocenters. The minimum atomic E-state index is -2.88. The number of carbonyl (C=O) groups excluding carboxylic acids is 1. The van der Waals surface area contributed by atoms with Crippen LogP contribution in [0.25, 0.3) is 5.57 Å². The molecule has 1 saturated heterocycles. The Bertz CT molecular complexity index is 1300. The standard InChI is InChI=1S/C27H31N3O3S2/c1-19-3-7-22(28)8-12-24(19)21-6-11-25(26(17-21)34-2)27(31)29-23-9-4-20(5-10-23)18-30-13-15-35(32,33)16-14-30/h3-11,17H,12-16,18,28H2,1-2H3,(H,29,31). The molecule has 1 fully saturated rings. The van der Waals surface area contributed by atoms with Crippen LogP contribution >= 0.6 is 11.8 Å². The van der Waals surface area contributed by atoms with E-state index in [0.29, 0.717) is 25.2 Å². The third-order valence-corrected chi connectivity index (χ3v) is 8.78. The second-order valence-corrected chi connectivity index (χ2v) is 12.0. The van der Waals surface area contributed by atoms with Crippen molar-refractivity contribution in [2.75, 3.05) is 36.2 Å². The van der Waals surface area contributed by atoms with Crippen molar-refractivity contribution < 1.29 is 13.2 Å². The molecule has 3 N–H and O–H groups in total. The number of sulfone groups is 1. The summed E-state index contributed by atoms with van der Waals surface area (Å²) in [7, 11) is -2.88. The maximum absolute atomic E-state index is 13.1. The number of hydrogen-bond donors (Lipinski definition) is 2. The Balaban J connectivity index is 1.43. The Labute approximate surface area is 211 Å². The molecule has 2 aromatic carbocycles. The Morgan fingerprint density at radius 2 is 1.80 bits per heavy atom. The predicted molar refractivity (Wildman–Crippen MR) is 145 cm³/mol. The van der Waals surface area contributed by atoms with Crippen LogP contribution in [0.3, 0.4) is 0 Å². The van der Waals surface area contributed by atoms with Crippen molar-refractivity contribution in [3.8, 4) is 0 Å². The first-order valence-corrected chi connectivity index (χ1v) is 14.6. The molecule has 0 spiro atoms. The average molecular weight is 510 g/mol. The molecule has 0 bridgehead atoms. The molecule has 8 heteroatoms. The lowest BCUT2D eigenvalue weighted by Gasteiger charge is -2.26. The topological polar surface area (TPSA) is 92.5 Å². The van der Waals surface area contributed by atoms with Crippen molar-refractivity contribution in [3.63, 3.8) is 0 Å². The van der Waals surface area contributed by atoms with E-state index in [1.165, 1.54) is 5.57 Å². The van der Waals surface area contributed by atoms with Crippen LogP contribution in [0.15, 0.2) is 76.9 Å². The highest BCUT2D eigenvalue weighted by Gasteiger charge is 2.21. The first-order valence-electron chi connectivity index (χ1n) is 11.6. The summed E-state index contributed by atoms with van der Waals surface area (Å²) in [6.07, 6.45) is 8.69. The number of rotatable bonds is 6. The van der Waals surface area contributed by atoms with Gasteiger partial charge in [-0.1, -0.05) is 30.4 Å². The molecule has 2 aromatic rings. The third-order valence-electron chi connectivity index (χ3n) is 6.39. The summed E-state index contributed by atoms with van der Waals surface area (Å²) in [4.78, 5) is 16.1. The van der Waals surface area contributed by atoms with Crippen LogP contribution in [-0.4, -0.2) is 50.1 Å². The Morgan fingerprint density at radius 3 is 2.49 bits per heavy atom. The maximum Gasteiger partial charge on any atom is 0.256 e. The molecule has 35 heavy (non-hydrogen) atoms. The third kappa shape index (κ3) is 6.45. The monoisotopic (exact) mass is 509 g/mol. The van der Waals surface area contributed by atoms with Gasteiger partial charge in [-0.05, 0) is 72.2 Å². The van der Waals surface area contributed by atoms with Crippen LogP contribution in [0.2, 0.25) is 0 Å². The molecule has 1 aliphatic carbocycles. The van der Waals surface area contributed by atoms with Gasteiger partial charge in [0.15, 0.2) is 9.84 Å². The fourth-order valence-corrected chi connectivity index (χ4v) is 6.14. The van der Waals surface area contributed by atoms with Gasteiger partial charge in [-0.2, -0.15) is 0 Å². The molecule has 4 rings (SSSR count). The number of carbonyl (C=O) groups is 1. The summed E-state index contributed by atoms with van der Waals surface area (Å²) in [5, 5.41) is 3.00. The molecule has 0 atom stereocenters. The normalized spacial score (nSPS) is 18.2.